The first-order valence-corrected chi connectivity index (χ1v) is 15.3. The number of morpholine rings is 1. The lowest BCUT2D eigenvalue weighted by atomic mass is 10.1. The molecule has 2 fully saturated rings. The second-order valence-electron chi connectivity index (χ2n) is 9.25. The maximum Gasteiger partial charge on any atom is 0.0693 e. The Morgan fingerprint density at radius 2 is 1.39 bits per heavy atom. The van der Waals surface area contributed by atoms with Crippen molar-refractivity contribution in [3.05, 3.63) is 82.8 Å². The topological polar surface area (TPSA) is 15.7 Å². The van der Waals surface area contributed by atoms with Crippen LogP contribution in [0.1, 0.15) is 44.1 Å². The van der Waals surface area contributed by atoms with Crippen LogP contribution in [-0.4, -0.2) is 49.0 Å². The van der Waals surface area contributed by atoms with Gasteiger partial charge in [-0.3, -0.25) is 4.67 Å². The van der Waals surface area contributed by atoms with E-state index >= 15 is 0 Å². The number of hydrogen-bond acceptors (Lipinski definition) is 3. The van der Waals surface area contributed by atoms with Crippen molar-refractivity contribution in [3.63, 3.8) is 0 Å². The highest BCUT2D eigenvalue weighted by atomic mass is 32.4. The average Bonchev–Trinajstić information content (AvgIpc) is 3.11. The van der Waals surface area contributed by atoms with Gasteiger partial charge < -0.3 is 9.64 Å². The monoisotopic (exact) mass is 478 g/mol. The minimum absolute atomic E-state index is 0.782. The number of allylic oxidation sites excluding steroid dienone is 2. The quantitative estimate of drug-likeness (QED) is 0.489. The Hall–Kier alpha value is -1.71. The van der Waals surface area contributed by atoms with Crippen molar-refractivity contribution in [3.8, 4) is 0 Å². The maximum absolute atomic E-state index is 6.82. The lowest BCUT2D eigenvalue weighted by Crippen LogP contribution is -2.37. The Bertz CT molecular complexity index is 1040. The number of ether oxygens (including phenoxy) is 1. The fraction of sp³-hybridized carbons (Fsp3) is 0.429. The summed E-state index contributed by atoms with van der Waals surface area (Å²) in [5, 5.41) is 2.87. The number of hydrogen-bond donors (Lipinski definition) is 0. The highest BCUT2D eigenvalue weighted by Gasteiger charge is 2.39. The minimum Gasteiger partial charge on any atom is -0.379 e. The van der Waals surface area contributed by atoms with Gasteiger partial charge in [0.1, 0.15) is 0 Å². The molecule has 1 atom stereocenters. The molecule has 174 valence electrons. The third-order valence-corrected chi connectivity index (χ3v) is 12.5. The Morgan fingerprint density at radius 3 is 2.06 bits per heavy atom. The van der Waals surface area contributed by atoms with Crippen molar-refractivity contribution >= 4 is 29.4 Å². The van der Waals surface area contributed by atoms with Crippen LogP contribution in [0.4, 0.5) is 0 Å². The lowest BCUT2D eigenvalue weighted by molar-refractivity contribution is 0.0752. The molecule has 2 aromatic rings. The molecule has 0 radical (unpaired) electrons. The molecule has 2 heterocycles. The first kappa shape index (κ1) is 23.1. The Labute approximate surface area is 204 Å². The van der Waals surface area contributed by atoms with Gasteiger partial charge in [0.15, 0.2) is 0 Å². The fourth-order valence-electron chi connectivity index (χ4n) is 5.50. The molecule has 0 bridgehead atoms. The highest BCUT2D eigenvalue weighted by Crippen LogP contribution is 2.63. The second-order valence-corrected chi connectivity index (χ2v) is 13.6. The van der Waals surface area contributed by atoms with Crippen LogP contribution in [0, 0.1) is 0 Å². The van der Waals surface area contributed by atoms with Crippen LogP contribution in [-0.2, 0) is 16.5 Å². The smallest absolute Gasteiger partial charge is 0.0693 e. The SMILES string of the molecule is S=P(C1=C(N2CCCCCC2)C(=Cc2ccccc2)CC1)(c1ccccc1)N1CCOCC1. The molecule has 33 heavy (non-hydrogen) atoms. The zero-order valence-electron chi connectivity index (χ0n) is 19.5. The number of benzene rings is 2. The summed E-state index contributed by atoms with van der Waals surface area (Å²) in [7, 11) is 0. The summed E-state index contributed by atoms with van der Waals surface area (Å²) >= 11 is 6.82. The predicted molar refractivity (Wildman–Crippen MR) is 143 cm³/mol. The van der Waals surface area contributed by atoms with Crippen molar-refractivity contribution in [2.75, 3.05) is 39.4 Å². The van der Waals surface area contributed by atoms with E-state index in [1.807, 2.05) is 0 Å². The van der Waals surface area contributed by atoms with Crippen LogP contribution >= 0.6 is 6.19 Å². The minimum atomic E-state index is -2.09. The van der Waals surface area contributed by atoms with Gasteiger partial charge in [0.2, 0.25) is 0 Å². The molecule has 1 aliphatic carbocycles. The van der Waals surface area contributed by atoms with Gasteiger partial charge in [-0.2, -0.15) is 0 Å². The van der Waals surface area contributed by atoms with E-state index < -0.39 is 6.19 Å². The van der Waals surface area contributed by atoms with E-state index in [9.17, 15) is 0 Å². The zero-order chi connectivity index (χ0) is 22.5. The molecule has 0 N–H and O–H groups in total. The molecule has 2 aliphatic heterocycles. The van der Waals surface area contributed by atoms with E-state index in [2.05, 4.69) is 76.3 Å². The van der Waals surface area contributed by atoms with Gasteiger partial charge in [-0.25, -0.2) is 0 Å². The zero-order valence-corrected chi connectivity index (χ0v) is 21.2. The molecular formula is C28H35N2OPS. The molecule has 0 aromatic heterocycles. The van der Waals surface area contributed by atoms with Gasteiger partial charge in [0, 0.05) is 42.5 Å². The van der Waals surface area contributed by atoms with Crippen molar-refractivity contribution in [2.24, 2.45) is 0 Å². The van der Waals surface area contributed by atoms with E-state index in [0.717, 1.165) is 52.2 Å². The molecule has 0 amide bonds. The molecule has 2 aromatic carbocycles. The lowest BCUT2D eigenvalue weighted by Gasteiger charge is -2.40. The Morgan fingerprint density at radius 1 is 0.758 bits per heavy atom. The van der Waals surface area contributed by atoms with Crippen LogP contribution in [0.25, 0.3) is 6.08 Å². The molecule has 5 heteroatoms. The Kier molecular flexibility index (Phi) is 7.47. The molecule has 0 spiro atoms. The summed E-state index contributed by atoms with van der Waals surface area (Å²) in [6.07, 6.45) is 7.74. The molecule has 5 rings (SSSR count). The van der Waals surface area contributed by atoms with E-state index in [1.54, 1.807) is 0 Å². The van der Waals surface area contributed by atoms with Gasteiger partial charge in [0.05, 0.1) is 19.4 Å². The van der Waals surface area contributed by atoms with Crippen molar-refractivity contribution < 1.29 is 4.74 Å². The number of rotatable bonds is 5. The van der Waals surface area contributed by atoms with Crippen molar-refractivity contribution in [1.29, 1.82) is 0 Å². The Balaban J connectivity index is 1.67. The van der Waals surface area contributed by atoms with Gasteiger partial charge >= 0.3 is 0 Å². The van der Waals surface area contributed by atoms with Gasteiger partial charge in [-0.1, -0.05) is 85.3 Å². The number of likely N-dealkylation sites (tertiary alicyclic amines) is 1. The molecule has 1 unspecified atom stereocenters. The fourth-order valence-corrected chi connectivity index (χ4v) is 10.2. The number of nitrogens with zero attached hydrogens (tertiary/aromatic N) is 2. The van der Waals surface area contributed by atoms with Crippen molar-refractivity contribution in [1.82, 2.24) is 9.57 Å². The summed E-state index contributed by atoms with van der Waals surface area (Å²) in [4.78, 5) is 2.70. The summed E-state index contributed by atoms with van der Waals surface area (Å²) in [5.74, 6) is 0. The van der Waals surface area contributed by atoms with Crippen LogP contribution in [0.3, 0.4) is 0 Å². The molecule has 3 aliphatic rings. The summed E-state index contributed by atoms with van der Waals surface area (Å²) in [6.45, 7) is 5.73. The average molecular weight is 479 g/mol. The van der Waals surface area contributed by atoms with E-state index in [-0.39, 0.29) is 0 Å². The summed E-state index contributed by atoms with van der Waals surface area (Å²) < 4.78 is 8.36. The van der Waals surface area contributed by atoms with Crippen LogP contribution in [0.15, 0.2) is 77.2 Å². The first-order chi connectivity index (χ1) is 16.3. The van der Waals surface area contributed by atoms with Crippen LogP contribution in [0.5, 0.6) is 0 Å². The van der Waals surface area contributed by atoms with Gasteiger partial charge in [-0.05, 0) is 42.9 Å². The molecule has 3 nitrogen and oxygen atoms in total. The third-order valence-electron chi connectivity index (χ3n) is 7.13. The first-order valence-electron chi connectivity index (χ1n) is 12.5. The van der Waals surface area contributed by atoms with Gasteiger partial charge in [0.25, 0.3) is 0 Å². The molecule has 0 saturated carbocycles. The van der Waals surface area contributed by atoms with Crippen LogP contribution < -0.4 is 5.30 Å². The maximum atomic E-state index is 6.82. The van der Waals surface area contributed by atoms with Crippen LogP contribution in [0.2, 0.25) is 0 Å². The predicted octanol–water partition coefficient (Wildman–Crippen LogP) is 6.00. The molecular weight excluding hydrogens is 443 g/mol. The molecule has 2 saturated heterocycles. The van der Waals surface area contributed by atoms with Crippen molar-refractivity contribution in [2.45, 2.75) is 38.5 Å². The van der Waals surface area contributed by atoms with E-state index in [4.69, 9.17) is 16.5 Å². The summed E-state index contributed by atoms with van der Waals surface area (Å²) in [5.41, 5.74) is 4.26. The highest BCUT2D eigenvalue weighted by molar-refractivity contribution is 8.19. The van der Waals surface area contributed by atoms with E-state index in [1.165, 1.54) is 53.1 Å². The second kappa shape index (κ2) is 10.7. The summed E-state index contributed by atoms with van der Waals surface area (Å²) in [6, 6.07) is 21.8. The standard InChI is InChI=1S/C28H35N2OPS/c33-32(26-13-7-4-8-14-26,30-19-21-31-22-20-30)27-16-15-25(23-24-11-5-3-6-12-24)28(27)29-17-9-1-2-10-18-29/h3-8,11-14,23H,1-2,9-10,15-22H2. The normalized spacial score (nSPS) is 23.5. The third kappa shape index (κ3) is 4.91. The van der Waals surface area contributed by atoms with Gasteiger partial charge in [-0.15, -0.1) is 0 Å². The van der Waals surface area contributed by atoms with E-state index in [0.29, 0.717) is 0 Å². The largest absolute Gasteiger partial charge is 0.379 e.